The van der Waals surface area contributed by atoms with Crippen LogP contribution < -0.4 is 0 Å². The highest BCUT2D eigenvalue weighted by molar-refractivity contribution is 4.93. The molecule has 122 valence electrons. The van der Waals surface area contributed by atoms with Crippen LogP contribution >= 0.6 is 0 Å². The number of imidazole rings is 1. The molecule has 1 rings (SSSR count). The highest BCUT2D eigenvalue weighted by Gasteiger charge is 2.29. The highest BCUT2D eigenvalue weighted by Crippen LogP contribution is 2.20. The summed E-state index contributed by atoms with van der Waals surface area (Å²) in [7, 11) is 0. The number of aliphatic hydroxyl groups excluding tert-OH is 1. The quantitative estimate of drug-likeness (QED) is 0.842. The maximum Gasteiger partial charge on any atom is 0.406 e. The van der Waals surface area contributed by atoms with Crippen LogP contribution in [-0.2, 0) is 13.1 Å². The Morgan fingerprint density at radius 1 is 1.29 bits per heavy atom. The molecule has 0 bridgehead atoms. The number of hydrogen-bond acceptors (Lipinski definition) is 3. The van der Waals surface area contributed by atoms with Gasteiger partial charge in [0.25, 0.3) is 0 Å². The molecule has 0 unspecified atom stereocenters. The fourth-order valence-electron chi connectivity index (χ4n) is 2.21. The van der Waals surface area contributed by atoms with Gasteiger partial charge in [0.05, 0.1) is 6.54 Å². The zero-order valence-electron chi connectivity index (χ0n) is 12.8. The van der Waals surface area contributed by atoms with Gasteiger partial charge in [0.15, 0.2) is 0 Å². The third-order valence-corrected chi connectivity index (χ3v) is 2.85. The molecular formula is C14H24F3N3O. The lowest BCUT2D eigenvalue weighted by Crippen LogP contribution is -2.34. The lowest BCUT2D eigenvalue weighted by Gasteiger charge is -2.29. The summed E-state index contributed by atoms with van der Waals surface area (Å²) in [6.07, 6.45) is -0.919. The number of aromatic nitrogens is 2. The number of aliphatic hydroxyl groups is 1. The molecule has 1 aromatic heterocycles. The van der Waals surface area contributed by atoms with Crippen molar-refractivity contribution >= 4 is 0 Å². The van der Waals surface area contributed by atoms with Crippen LogP contribution in [0.2, 0.25) is 0 Å². The Hall–Kier alpha value is -1.08. The Morgan fingerprint density at radius 3 is 2.48 bits per heavy atom. The largest absolute Gasteiger partial charge is 0.406 e. The molecule has 0 aliphatic rings. The van der Waals surface area contributed by atoms with Gasteiger partial charge in [-0.1, -0.05) is 20.8 Å². The third kappa shape index (κ3) is 7.47. The summed E-state index contributed by atoms with van der Waals surface area (Å²) in [5, 5.41) is 8.95. The maximum atomic E-state index is 12.5. The molecule has 4 nitrogen and oxygen atoms in total. The van der Waals surface area contributed by atoms with Crippen LogP contribution in [-0.4, -0.2) is 45.4 Å². The first-order valence-corrected chi connectivity index (χ1v) is 7.01. The van der Waals surface area contributed by atoms with E-state index in [4.69, 9.17) is 5.11 Å². The van der Waals surface area contributed by atoms with Crippen LogP contribution in [0.25, 0.3) is 0 Å². The standard InChI is InChI=1S/C14H24F3N3O/c1-13(2,3)10-19(6-4-8-21)9-12-18-5-7-20(12)11-14(15,16)17/h5,7,21H,4,6,8-11H2,1-3H3. The van der Waals surface area contributed by atoms with E-state index in [0.717, 1.165) is 11.1 Å². The molecule has 1 heterocycles. The van der Waals surface area contributed by atoms with Crippen molar-refractivity contribution in [3.63, 3.8) is 0 Å². The fraction of sp³-hybridized carbons (Fsp3) is 0.786. The van der Waals surface area contributed by atoms with Crippen LogP contribution in [0, 0.1) is 5.41 Å². The first kappa shape index (κ1) is 18.0. The first-order chi connectivity index (χ1) is 9.61. The van der Waals surface area contributed by atoms with Gasteiger partial charge in [-0.25, -0.2) is 4.98 Å². The van der Waals surface area contributed by atoms with E-state index < -0.39 is 12.7 Å². The van der Waals surface area contributed by atoms with E-state index in [-0.39, 0.29) is 12.0 Å². The van der Waals surface area contributed by atoms with Gasteiger partial charge >= 0.3 is 6.18 Å². The molecule has 0 saturated carbocycles. The zero-order chi connectivity index (χ0) is 16.1. The maximum absolute atomic E-state index is 12.5. The van der Waals surface area contributed by atoms with E-state index >= 15 is 0 Å². The van der Waals surface area contributed by atoms with Gasteiger partial charge in [-0.15, -0.1) is 0 Å². The van der Waals surface area contributed by atoms with Gasteiger partial charge < -0.3 is 9.67 Å². The minimum atomic E-state index is -4.25. The van der Waals surface area contributed by atoms with E-state index in [0.29, 0.717) is 25.3 Å². The average Bonchev–Trinajstić information content (AvgIpc) is 2.69. The number of halogens is 3. The van der Waals surface area contributed by atoms with Crippen molar-refractivity contribution in [1.82, 2.24) is 14.5 Å². The number of rotatable bonds is 7. The SMILES string of the molecule is CC(C)(C)CN(CCCO)Cc1nccn1CC(F)(F)F. The average molecular weight is 307 g/mol. The molecule has 0 amide bonds. The van der Waals surface area contributed by atoms with E-state index in [1.54, 1.807) is 0 Å². The summed E-state index contributed by atoms with van der Waals surface area (Å²) in [6, 6.07) is 0. The highest BCUT2D eigenvalue weighted by atomic mass is 19.4. The Kier molecular flexibility index (Phi) is 6.22. The molecule has 0 radical (unpaired) electrons. The van der Waals surface area contributed by atoms with Gasteiger partial charge in [0.1, 0.15) is 12.4 Å². The van der Waals surface area contributed by atoms with Crippen molar-refractivity contribution in [1.29, 1.82) is 0 Å². The van der Waals surface area contributed by atoms with Crippen LogP contribution in [0.3, 0.4) is 0 Å². The summed E-state index contributed by atoms with van der Waals surface area (Å²) >= 11 is 0. The second kappa shape index (κ2) is 7.26. The van der Waals surface area contributed by atoms with E-state index in [2.05, 4.69) is 25.8 Å². The smallest absolute Gasteiger partial charge is 0.396 e. The molecule has 21 heavy (non-hydrogen) atoms. The van der Waals surface area contributed by atoms with Crippen LogP contribution in [0.4, 0.5) is 13.2 Å². The summed E-state index contributed by atoms with van der Waals surface area (Å²) in [5.74, 6) is 0.398. The van der Waals surface area contributed by atoms with Gasteiger partial charge in [-0.3, -0.25) is 4.90 Å². The van der Waals surface area contributed by atoms with Crippen molar-refractivity contribution in [3.8, 4) is 0 Å². The van der Waals surface area contributed by atoms with Crippen LogP contribution in [0.15, 0.2) is 12.4 Å². The monoisotopic (exact) mass is 307 g/mol. The fourth-order valence-corrected chi connectivity index (χ4v) is 2.21. The van der Waals surface area contributed by atoms with E-state index in [1.165, 1.54) is 12.4 Å². The minimum Gasteiger partial charge on any atom is -0.396 e. The Labute approximate surface area is 123 Å². The van der Waals surface area contributed by atoms with Gasteiger partial charge in [0, 0.05) is 32.1 Å². The van der Waals surface area contributed by atoms with Gasteiger partial charge in [-0.2, -0.15) is 13.2 Å². The number of hydrogen-bond donors (Lipinski definition) is 1. The molecule has 0 saturated heterocycles. The molecular weight excluding hydrogens is 283 g/mol. The summed E-state index contributed by atoms with van der Waals surface area (Å²) < 4.78 is 38.7. The third-order valence-electron chi connectivity index (χ3n) is 2.85. The van der Waals surface area contributed by atoms with Crippen molar-refractivity contribution in [2.75, 3.05) is 19.7 Å². The molecule has 7 heteroatoms. The van der Waals surface area contributed by atoms with E-state index in [1.807, 2.05) is 4.90 Å². The number of nitrogens with zero attached hydrogens (tertiary/aromatic N) is 3. The lowest BCUT2D eigenvalue weighted by atomic mass is 9.96. The van der Waals surface area contributed by atoms with Gasteiger partial charge in [0.2, 0.25) is 0 Å². The van der Waals surface area contributed by atoms with Crippen LogP contribution in [0.1, 0.15) is 33.0 Å². The van der Waals surface area contributed by atoms with Gasteiger partial charge in [-0.05, 0) is 11.8 Å². The lowest BCUT2D eigenvalue weighted by molar-refractivity contribution is -0.141. The summed E-state index contributed by atoms with van der Waals surface area (Å²) in [5.41, 5.74) is 0.0247. The predicted molar refractivity (Wildman–Crippen MR) is 74.7 cm³/mol. The van der Waals surface area contributed by atoms with Crippen molar-refractivity contribution in [2.24, 2.45) is 5.41 Å². The van der Waals surface area contributed by atoms with Crippen molar-refractivity contribution in [3.05, 3.63) is 18.2 Å². The normalized spacial score (nSPS) is 13.1. The zero-order valence-corrected chi connectivity index (χ0v) is 12.8. The van der Waals surface area contributed by atoms with Crippen LogP contribution in [0.5, 0.6) is 0 Å². The Balaban J connectivity index is 2.76. The summed E-state index contributed by atoms with van der Waals surface area (Å²) in [6.45, 7) is 6.96. The van der Waals surface area contributed by atoms with E-state index in [9.17, 15) is 13.2 Å². The number of alkyl halides is 3. The van der Waals surface area contributed by atoms with Crippen molar-refractivity contribution < 1.29 is 18.3 Å². The molecule has 1 aromatic rings. The molecule has 0 aromatic carbocycles. The topological polar surface area (TPSA) is 41.3 Å². The minimum absolute atomic E-state index is 0.0247. The molecule has 0 fully saturated rings. The Morgan fingerprint density at radius 2 is 1.95 bits per heavy atom. The molecule has 0 aliphatic heterocycles. The first-order valence-electron chi connectivity index (χ1n) is 7.01. The molecule has 0 spiro atoms. The molecule has 0 aliphatic carbocycles. The second-order valence-corrected chi connectivity index (χ2v) is 6.44. The second-order valence-electron chi connectivity index (χ2n) is 6.44. The predicted octanol–water partition coefficient (Wildman–Crippen LogP) is 2.68. The Bertz CT molecular complexity index is 424. The molecule has 1 N–H and O–H groups in total. The molecule has 0 atom stereocenters. The van der Waals surface area contributed by atoms with Crippen molar-refractivity contribution in [2.45, 2.75) is 46.5 Å². The summed E-state index contributed by atoms with van der Waals surface area (Å²) in [4.78, 5) is 6.07.